The van der Waals surface area contributed by atoms with Crippen molar-refractivity contribution in [3.05, 3.63) is 72.2 Å². The number of rotatable bonds is 7. The number of anilines is 3. The maximum Gasteiger partial charge on any atom is 0.323 e. The first-order valence-electron chi connectivity index (χ1n) is 11.5. The summed E-state index contributed by atoms with van der Waals surface area (Å²) in [5, 5.41) is 8.04. The number of benzene rings is 2. The van der Waals surface area contributed by atoms with Gasteiger partial charge in [0.1, 0.15) is 29.6 Å². The topological polar surface area (TPSA) is 113 Å². The van der Waals surface area contributed by atoms with Crippen LogP contribution in [0.2, 0.25) is 0 Å². The second kappa shape index (κ2) is 11.3. The number of ether oxygens (including phenoxy) is 1. The molecule has 1 saturated heterocycles. The molecular weight excluding hydrogens is 465 g/mol. The number of nitrogens with zero attached hydrogens (tertiary/aromatic N) is 2. The van der Waals surface area contributed by atoms with Crippen LogP contribution in [0.15, 0.2) is 60.8 Å². The Kier molecular flexibility index (Phi) is 7.74. The smallest absolute Gasteiger partial charge is 0.323 e. The quantitative estimate of drug-likeness (QED) is 0.406. The Balaban J connectivity index is 1.31. The molecule has 186 valence electrons. The van der Waals surface area contributed by atoms with Crippen molar-refractivity contribution in [2.75, 3.05) is 29.0 Å². The van der Waals surface area contributed by atoms with Crippen LogP contribution >= 0.6 is 0 Å². The Bertz CT molecular complexity index is 1260. The van der Waals surface area contributed by atoms with Crippen LogP contribution in [0.4, 0.5) is 26.4 Å². The minimum atomic E-state index is -0.512. The first-order chi connectivity index (χ1) is 17.4. The monoisotopic (exact) mass is 491 g/mol. The van der Waals surface area contributed by atoms with Crippen molar-refractivity contribution in [1.82, 2.24) is 9.88 Å². The molecule has 0 unspecified atom stereocenters. The molecule has 3 aromatic rings. The number of likely N-dealkylation sites (tertiary alicyclic amines) is 1. The van der Waals surface area contributed by atoms with Gasteiger partial charge >= 0.3 is 6.03 Å². The first-order valence-corrected chi connectivity index (χ1v) is 11.5. The van der Waals surface area contributed by atoms with Gasteiger partial charge in [-0.15, -0.1) is 0 Å². The van der Waals surface area contributed by atoms with Gasteiger partial charge in [0.05, 0.1) is 0 Å². The standard InChI is InChI=1S/C26H26FN5O4/c1-17-14-20(36-21-10-11-28-23(15-21)31-26(35)32-12-2-3-13-32)8-9-22(17)30-25(34)16-24(33)29-19-6-4-18(27)5-7-19/h4-11,14-15H,2-3,12-13,16H2,1H3,(H,29,33)(H,30,34)(H,28,31,35). The zero-order chi connectivity index (χ0) is 25.5. The number of carbonyl (C=O) groups excluding carboxylic acids is 3. The summed E-state index contributed by atoms with van der Waals surface area (Å²) in [5.41, 5.74) is 1.67. The van der Waals surface area contributed by atoms with Crippen LogP contribution < -0.4 is 20.7 Å². The summed E-state index contributed by atoms with van der Waals surface area (Å²) in [4.78, 5) is 42.6. The summed E-state index contributed by atoms with van der Waals surface area (Å²) in [6, 6.07) is 13.5. The first kappa shape index (κ1) is 24.6. The molecule has 1 aliphatic rings. The maximum atomic E-state index is 13.0. The number of carbonyl (C=O) groups is 3. The Hall–Kier alpha value is -4.47. The fraction of sp³-hybridized carbons (Fsp3) is 0.231. The van der Waals surface area contributed by atoms with Crippen LogP contribution in [-0.2, 0) is 9.59 Å². The summed E-state index contributed by atoms with van der Waals surface area (Å²) in [7, 11) is 0. The lowest BCUT2D eigenvalue weighted by molar-refractivity contribution is -0.123. The molecular formula is C26H26FN5O4. The van der Waals surface area contributed by atoms with Crippen LogP contribution in [0, 0.1) is 12.7 Å². The molecule has 36 heavy (non-hydrogen) atoms. The van der Waals surface area contributed by atoms with Crippen molar-refractivity contribution < 1.29 is 23.5 Å². The molecule has 0 bridgehead atoms. The van der Waals surface area contributed by atoms with Crippen LogP contribution in [0.3, 0.4) is 0 Å². The molecule has 0 saturated carbocycles. The lowest BCUT2D eigenvalue weighted by atomic mass is 10.2. The third-order valence-electron chi connectivity index (χ3n) is 5.52. The number of hydrogen-bond acceptors (Lipinski definition) is 5. The van der Waals surface area contributed by atoms with E-state index in [2.05, 4.69) is 20.9 Å². The molecule has 2 aromatic carbocycles. The zero-order valence-corrected chi connectivity index (χ0v) is 19.7. The van der Waals surface area contributed by atoms with E-state index >= 15 is 0 Å². The average Bonchev–Trinajstić information content (AvgIpc) is 3.38. The minimum absolute atomic E-state index is 0.181. The highest BCUT2D eigenvalue weighted by Crippen LogP contribution is 2.27. The molecule has 4 amide bonds. The van der Waals surface area contributed by atoms with Gasteiger partial charge in [-0.05, 0) is 73.9 Å². The summed E-state index contributed by atoms with van der Waals surface area (Å²) in [6.45, 7) is 3.28. The van der Waals surface area contributed by atoms with E-state index in [-0.39, 0.29) is 6.03 Å². The average molecular weight is 492 g/mol. The highest BCUT2D eigenvalue weighted by molar-refractivity contribution is 6.08. The molecule has 10 heteroatoms. The molecule has 4 rings (SSSR count). The zero-order valence-electron chi connectivity index (χ0n) is 19.7. The number of aryl methyl sites for hydroxylation is 1. The molecule has 9 nitrogen and oxygen atoms in total. The third-order valence-corrected chi connectivity index (χ3v) is 5.52. The highest BCUT2D eigenvalue weighted by Gasteiger charge is 2.18. The van der Waals surface area contributed by atoms with E-state index in [1.807, 2.05) is 0 Å². The molecule has 0 aliphatic carbocycles. The Labute approximate surface area is 207 Å². The number of halogens is 1. The van der Waals surface area contributed by atoms with Gasteiger partial charge in [0.15, 0.2) is 0 Å². The second-order valence-corrected chi connectivity index (χ2v) is 8.36. The summed E-state index contributed by atoms with van der Waals surface area (Å²) in [5.74, 6) is 0.00472. The van der Waals surface area contributed by atoms with Crippen LogP contribution in [0.25, 0.3) is 0 Å². The lowest BCUT2D eigenvalue weighted by Gasteiger charge is -2.16. The summed E-state index contributed by atoms with van der Waals surface area (Å²) >= 11 is 0. The second-order valence-electron chi connectivity index (χ2n) is 8.36. The number of urea groups is 1. The van der Waals surface area contributed by atoms with E-state index in [1.54, 1.807) is 48.4 Å². The van der Waals surface area contributed by atoms with E-state index in [9.17, 15) is 18.8 Å². The largest absolute Gasteiger partial charge is 0.457 e. The SMILES string of the molecule is Cc1cc(Oc2ccnc(NC(=O)N3CCCC3)c2)ccc1NC(=O)CC(=O)Nc1ccc(F)cc1. The van der Waals surface area contributed by atoms with Gasteiger partial charge in [0.25, 0.3) is 0 Å². The normalized spacial score (nSPS) is 12.7. The molecule has 0 spiro atoms. The van der Waals surface area contributed by atoms with Gasteiger partial charge in [-0.3, -0.25) is 14.9 Å². The number of pyridine rings is 1. The van der Waals surface area contributed by atoms with E-state index < -0.39 is 24.1 Å². The Morgan fingerprint density at radius 2 is 1.61 bits per heavy atom. The van der Waals surface area contributed by atoms with Gasteiger partial charge < -0.3 is 20.3 Å². The molecule has 3 N–H and O–H groups in total. The van der Waals surface area contributed by atoms with Crippen molar-refractivity contribution in [2.45, 2.75) is 26.2 Å². The van der Waals surface area contributed by atoms with E-state index in [1.165, 1.54) is 24.3 Å². The predicted molar refractivity (Wildman–Crippen MR) is 134 cm³/mol. The van der Waals surface area contributed by atoms with Gasteiger partial charge in [0, 0.05) is 36.7 Å². The van der Waals surface area contributed by atoms with E-state index in [0.717, 1.165) is 31.5 Å². The molecule has 0 radical (unpaired) electrons. The summed E-state index contributed by atoms with van der Waals surface area (Å²) < 4.78 is 18.9. The van der Waals surface area contributed by atoms with Gasteiger partial charge in [-0.1, -0.05) is 0 Å². The predicted octanol–water partition coefficient (Wildman–Crippen LogP) is 4.92. The van der Waals surface area contributed by atoms with Crippen molar-refractivity contribution in [3.8, 4) is 11.5 Å². The van der Waals surface area contributed by atoms with Crippen LogP contribution in [0.1, 0.15) is 24.8 Å². The third kappa shape index (κ3) is 6.78. The van der Waals surface area contributed by atoms with Crippen molar-refractivity contribution in [1.29, 1.82) is 0 Å². The van der Waals surface area contributed by atoms with Crippen molar-refractivity contribution >= 4 is 35.0 Å². The molecule has 2 heterocycles. The maximum absolute atomic E-state index is 13.0. The molecule has 1 fully saturated rings. The summed E-state index contributed by atoms with van der Waals surface area (Å²) in [6.07, 6.45) is 3.16. The fourth-order valence-electron chi connectivity index (χ4n) is 3.71. The Morgan fingerprint density at radius 3 is 2.33 bits per heavy atom. The van der Waals surface area contributed by atoms with E-state index in [4.69, 9.17) is 4.74 Å². The molecule has 0 atom stereocenters. The van der Waals surface area contributed by atoms with Gasteiger partial charge in [-0.25, -0.2) is 14.2 Å². The number of aromatic nitrogens is 1. The molecule has 1 aromatic heterocycles. The van der Waals surface area contributed by atoms with Crippen molar-refractivity contribution in [3.63, 3.8) is 0 Å². The van der Waals surface area contributed by atoms with Gasteiger partial charge in [0.2, 0.25) is 11.8 Å². The minimum Gasteiger partial charge on any atom is -0.457 e. The Morgan fingerprint density at radius 1 is 0.917 bits per heavy atom. The highest BCUT2D eigenvalue weighted by atomic mass is 19.1. The van der Waals surface area contributed by atoms with Crippen LogP contribution in [-0.4, -0.2) is 40.8 Å². The number of amides is 4. The van der Waals surface area contributed by atoms with E-state index in [0.29, 0.717) is 28.7 Å². The molecule has 1 aliphatic heterocycles. The number of nitrogens with one attached hydrogen (secondary N) is 3. The lowest BCUT2D eigenvalue weighted by Crippen LogP contribution is -2.32. The van der Waals surface area contributed by atoms with Crippen molar-refractivity contribution in [2.24, 2.45) is 0 Å². The van der Waals surface area contributed by atoms with Gasteiger partial charge in [-0.2, -0.15) is 0 Å². The number of hydrogen-bond donors (Lipinski definition) is 3. The fourth-order valence-corrected chi connectivity index (χ4v) is 3.71. The van der Waals surface area contributed by atoms with Crippen LogP contribution in [0.5, 0.6) is 11.5 Å².